The number of hydrogen-bond acceptors (Lipinski definition) is 5. The van der Waals surface area contributed by atoms with Gasteiger partial charge in [0, 0.05) is 19.4 Å². The van der Waals surface area contributed by atoms with Gasteiger partial charge in [-0.1, -0.05) is 6.07 Å². The number of likely N-dealkylation sites (tertiary alicyclic amines) is 1. The third-order valence-electron chi connectivity index (χ3n) is 3.64. The molecule has 1 aliphatic heterocycles. The van der Waals surface area contributed by atoms with E-state index in [9.17, 15) is 14.4 Å². The van der Waals surface area contributed by atoms with E-state index in [2.05, 4.69) is 5.32 Å². The summed E-state index contributed by atoms with van der Waals surface area (Å²) in [6.07, 6.45) is 0.990. The van der Waals surface area contributed by atoms with Crippen molar-refractivity contribution in [3.63, 3.8) is 0 Å². The van der Waals surface area contributed by atoms with Crippen molar-refractivity contribution in [2.24, 2.45) is 0 Å². The minimum absolute atomic E-state index is 0.192. The molecule has 1 fully saturated rings. The van der Waals surface area contributed by atoms with Gasteiger partial charge in [0.25, 0.3) is 0 Å². The Labute approximate surface area is 134 Å². The van der Waals surface area contributed by atoms with E-state index in [-0.39, 0.29) is 37.1 Å². The Morgan fingerprint density at radius 1 is 1.13 bits per heavy atom. The summed E-state index contributed by atoms with van der Waals surface area (Å²) < 4.78 is 10.4. The van der Waals surface area contributed by atoms with Crippen LogP contribution in [0, 0.1) is 0 Å². The van der Waals surface area contributed by atoms with Crippen LogP contribution in [0.5, 0.6) is 11.5 Å². The van der Waals surface area contributed by atoms with Crippen LogP contribution in [0.3, 0.4) is 0 Å². The molecule has 3 amide bonds. The van der Waals surface area contributed by atoms with Crippen molar-refractivity contribution in [3.05, 3.63) is 23.8 Å². The molecule has 1 aliphatic rings. The van der Waals surface area contributed by atoms with Crippen LogP contribution >= 0.6 is 0 Å². The summed E-state index contributed by atoms with van der Waals surface area (Å²) in [6.45, 7) is 0.203. The maximum atomic E-state index is 11.8. The average Bonchev–Trinajstić information content (AvgIpc) is 2.86. The van der Waals surface area contributed by atoms with E-state index < -0.39 is 0 Å². The van der Waals surface area contributed by atoms with Crippen molar-refractivity contribution in [1.29, 1.82) is 0 Å². The molecule has 7 heteroatoms. The molecule has 0 atom stereocenters. The van der Waals surface area contributed by atoms with Crippen LogP contribution in [0.1, 0.15) is 18.4 Å². The van der Waals surface area contributed by atoms with Gasteiger partial charge >= 0.3 is 0 Å². The molecule has 0 unspecified atom stereocenters. The van der Waals surface area contributed by atoms with E-state index in [1.54, 1.807) is 20.3 Å². The number of hydrogen-bond donors (Lipinski definition) is 1. The van der Waals surface area contributed by atoms with E-state index in [4.69, 9.17) is 9.47 Å². The highest BCUT2D eigenvalue weighted by Gasteiger charge is 2.30. The van der Waals surface area contributed by atoms with Gasteiger partial charge in [-0.2, -0.15) is 0 Å². The summed E-state index contributed by atoms with van der Waals surface area (Å²) in [5, 5.41) is 2.71. The molecule has 0 aliphatic carbocycles. The largest absolute Gasteiger partial charge is 0.493 e. The van der Waals surface area contributed by atoms with Gasteiger partial charge in [0.15, 0.2) is 11.5 Å². The molecule has 1 N–H and O–H groups in total. The maximum Gasteiger partial charge on any atom is 0.240 e. The van der Waals surface area contributed by atoms with Crippen molar-refractivity contribution in [1.82, 2.24) is 10.2 Å². The van der Waals surface area contributed by atoms with Crippen LogP contribution < -0.4 is 14.8 Å². The molecule has 1 saturated heterocycles. The van der Waals surface area contributed by atoms with Gasteiger partial charge in [0.2, 0.25) is 17.7 Å². The third kappa shape index (κ3) is 4.21. The lowest BCUT2D eigenvalue weighted by Gasteiger charge is -2.13. The van der Waals surface area contributed by atoms with Crippen molar-refractivity contribution in [2.45, 2.75) is 19.3 Å². The highest BCUT2D eigenvalue weighted by Crippen LogP contribution is 2.27. The van der Waals surface area contributed by atoms with Crippen LogP contribution in [0.25, 0.3) is 0 Å². The number of carbonyl (C=O) groups excluding carboxylic acids is 3. The van der Waals surface area contributed by atoms with Gasteiger partial charge in [-0.15, -0.1) is 0 Å². The standard InChI is InChI=1S/C16H20N2O5/c1-22-12-4-3-11(9-13(12)23-2)7-8-17-14(19)10-18-15(20)5-6-16(18)21/h3-4,9H,5-8,10H2,1-2H3,(H,17,19). The first-order valence-corrected chi connectivity index (χ1v) is 7.36. The SMILES string of the molecule is COc1ccc(CCNC(=O)CN2C(=O)CCC2=O)cc1OC. The fourth-order valence-corrected chi connectivity index (χ4v) is 2.38. The van der Waals surface area contributed by atoms with Crippen LogP contribution in [0.2, 0.25) is 0 Å². The number of nitrogens with one attached hydrogen (secondary N) is 1. The van der Waals surface area contributed by atoms with E-state index in [0.29, 0.717) is 24.5 Å². The van der Waals surface area contributed by atoms with Gasteiger partial charge in [0.1, 0.15) is 6.54 Å². The molecule has 0 bridgehead atoms. The highest BCUT2D eigenvalue weighted by atomic mass is 16.5. The first-order valence-electron chi connectivity index (χ1n) is 7.36. The topological polar surface area (TPSA) is 84.9 Å². The average molecular weight is 320 g/mol. The quantitative estimate of drug-likeness (QED) is 0.740. The van der Waals surface area contributed by atoms with Gasteiger partial charge < -0.3 is 14.8 Å². The predicted octanol–water partition coefficient (Wildman–Crippen LogP) is 0.512. The van der Waals surface area contributed by atoms with Gasteiger partial charge in [-0.25, -0.2) is 0 Å². The Bertz CT molecular complexity index is 598. The summed E-state index contributed by atoms with van der Waals surface area (Å²) >= 11 is 0. The Morgan fingerprint density at radius 2 is 1.78 bits per heavy atom. The molecular formula is C16H20N2O5. The minimum Gasteiger partial charge on any atom is -0.493 e. The third-order valence-corrected chi connectivity index (χ3v) is 3.64. The smallest absolute Gasteiger partial charge is 0.240 e. The highest BCUT2D eigenvalue weighted by molar-refractivity contribution is 6.04. The number of carbonyl (C=O) groups is 3. The van der Waals surface area contributed by atoms with Gasteiger partial charge in [0.05, 0.1) is 14.2 Å². The molecule has 124 valence electrons. The summed E-state index contributed by atoms with van der Waals surface area (Å²) in [7, 11) is 3.13. The molecule has 23 heavy (non-hydrogen) atoms. The zero-order chi connectivity index (χ0) is 16.8. The first-order chi connectivity index (χ1) is 11.0. The lowest BCUT2D eigenvalue weighted by Crippen LogP contribution is -2.40. The van der Waals surface area contributed by atoms with E-state index in [1.807, 2.05) is 12.1 Å². The van der Waals surface area contributed by atoms with Crippen molar-refractivity contribution in [2.75, 3.05) is 27.3 Å². The van der Waals surface area contributed by atoms with Crippen molar-refractivity contribution in [3.8, 4) is 11.5 Å². The van der Waals surface area contributed by atoms with Crippen LogP contribution in [0.15, 0.2) is 18.2 Å². The van der Waals surface area contributed by atoms with Crippen LogP contribution in [0.4, 0.5) is 0 Å². The first kappa shape index (κ1) is 16.8. The number of ether oxygens (including phenoxy) is 2. The molecular weight excluding hydrogens is 300 g/mol. The second-order valence-electron chi connectivity index (χ2n) is 5.16. The fourth-order valence-electron chi connectivity index (χ4n) is 2.38. The lowest BCUT2D eigenvalue weighted by atomic mass is 10.1. The molecule has 0 saturated carbocycles. The molecule has 1 heterocycles. The Hall–Kier alpha value is -2.57. The van der Waals surface area contributed by atoms with E-state index in [1.165, 1.54) is 0 Å². The second kappa shape index (κ2) is 7.62. The van der Waals surface area contributed by atoms with Gasteiger partial charge in [-0.05, 0) is 24.1 Å². The molecule has 0 aromatic heterocycles. The summed E-state index contributed by atoms with van der Waals surface area (Å²) in [5.74, 6) is 0.361. The fraction of sp³-hybridized carbons (Fsp3) is 0.438. The lowest BCUT2D eigenvalue weighted by molar-refractivity contribution is -0.142. The summed E-state index contributed by atoms with van der Waals surface area (Å²) in [5.41, 5.74) is 0.983. The van der Waals surface area contributed by atoms with Crippen molar-refractivity contribution >= 4 is 17.7 Å². The van der Waals surface area contributed by atoms with Crippen LogP contribution in [-0.2, 0) is 20.8 Å². The normalized spacial score (nSPS) is 14.1. The number of imide groups is 1. The predicted molar refractivity (Wildman–Crippen MR) is 82.2 cm³/mol. The number of nitrogens with zero attached hydrogens (tertiary/aromatic N) is 1. The summed E-state index contributed by atoms with van der Waals surface area (Å²) in [4.78, 5) is 35.7. The Kier molecular flexibility index (Phi) is 5.56. The monoisotopic (exact) mass is 320 g/mol. The number of benzene rings is 1. The Morgan fingerprint density at radius 3 is 2.39 bits per heavy atom. The summed E-state index contributed by atoms with van der Waals surface area (Å²) in [6, 6.07) is 5.54. The van der Waals surface area contributed by atoms with Gasteiger partial charge in [-0.3, -0.25) is 19.3 Å². The number of amides is 3. The van der Waals surface area contributed by atoms with Crippen LogP contribution in [-0.4, -0.2) is 49.9 Å². The molecule has 1 aromatic carbocycles. The number of methoxy groups -OCH3 is 2. The van der Waals surface area contributed by atoms with Crippen molar-refractivity contribution < 1.29 is 23.9 Å². The second-order valence-corrected chi connectivity index (χ2v) is 5.16. The molecule has 2 rings (SSSR count). The number of rotatable bonds is 7. The van der Waals surface area contributed by atoms with E-state index in [0.717, 1.165) is 10.5 Å². The van der Waals surface area contributed by atoms with E-state index >= 15 is 0 Å². The zero-order valence-corrected chi connectivity index (χ0v) is 13.3. The molecule has 7 nitrogen and oxygen atoms in total. The molecule has 1 aromatic rings. The maximum absolute atomic E-state index is 11.8. The minimum atomic E-state index is -0.339. The Balaban J connectivity index is 1.81. The molecule has 0 radical (unpaired) electrons. The molecule has 0 spiro atoms. The zero-order valence-electron chi connectivity index (χ0n) is 13.3.